The molecule has 0 fully saturated rings. The van der Waals surface area contributed by atoms with E-state index in [9.17, 15) is 9.90 Å². The van der Waals surface area contributed by atoms with E-state index in [0.29, 0.717) is 13.0 Å². The number of carbonyl (C=O) groups is 1. The molecule has 1 atom stereocenters. The minimum atomic E-state index is -1.01. The van der Waals surface area contributed by atoms with Gasteiger partial charge < -0.3 is 15.6 Å². The maximum absolute atomic E-state index is 10.8. The summed E-state index contributed by atoms with van der Waals surface area (Å²) >= 11 is 0. The highest BCUT2D eigenvalue weighted by Gasteiger charge is 2.14. The molecule has 0 bridgehead atoms. The van der Waals surface area contributed by atoms with Gasteiger partial charge in [-0.05, 0) is 23.0 Å². The molecule has 94 valence electrons. The summed E-state index contributed by atoms with van der Waals surface area (Å²) in [6.45, 7) is 6.83. The Labute approximate surface area is 103 Å². The zero-order chi connectivity index (χ0) is 13.1. The first kappa shape index (κ1) is 13.7. The van der Waals surface area contributed by atoms with Crippen molar-refractivity contribution in [3.05, 3.63) is 35.4 Å². The summed E-state index contributed by atoms with van der Waals surface area (Å²) < 4.78 is 0. The van der Waals surface area contributed by atoms with Crippen molar-refractivity contribution < 1.29 is 15.6 Å². The molecular weight excluding hydrogens is 214 g/mol. The predicted molar refractivity (Wildman–Crippen MR) is 65.1 cm³/mol. The topological polar surface area (TPSA) is 67.8 Å². The lowest BCUT2D eigenvalue weighted by molar-refractivity contribution is -0.387. The van der Waals surface area contributed by atoms with Crippen LogP contribution >= 0.6 is 0 Å². The standard InChI is InChI=1S/C14H21NO2/c1-14(2,3)12-6-4-10(5-7-12)8-11(9-15)13(16)17/h4-7,11H,8-9,15H2,1-3H3,(H,16,17)/t11-/m0/s1. The van der Waals surface area contributed by atoms with Gasteiger partial charge in [-0.3, -0.25) is 0 Å². The van der Waals surface area contributed by atoms with E-state index in [1.807, 2.05) is 12.1 Å². The van der Waals surface area contributed by atoms with Crippen molar-refractivity contribution in [1.29, 1.82) is 0 Å². The minimum Gasteiger partial charge on any atom is -0.550 e. The molecule has 17 heavy (non-hydrogen) atoms. The summed E-state index contributed by atoms with van der Waals surface area (Å²) in [5.41, 5.74) is 6.04. The van der Waals surface area contributed by atoms with Gasteiger partial charge >= 0.3 is 0 Å². The number of carboxylic acids is 1. The summed E-state index contributed by atoms with van der Waals surface area (Å²) in [4.78, 5) is 10.8. The molecule has 0 amide bonds. The lowest BCUT2D eigenvalue weighted by atomic mass is 9.86. The van der Waals surface area contributed by atoms with E-state index in [-0.39, 0.29) is 5.41 Å². The molecule has 3 heteroatoms. The first-order chi connectivity index (χ1) is 7.84. The van der Waals surface area contributed by atoms with Crippen LogP contribution in [0.3, 0.4) is 0 Å². The molecule has 0 saturated carbocycles. The number of rotatable bonds is 4. The summed E-state index contributed by atoms with van der Waals surface area (Å²) in [6, 6.07) is 8.11. The molecular formula is C14H21NO2. The summed E-state index contributed by atoms with van der Waals surface area (Å²) in [7, 11) is 0. The molecule has 0 saturated heterocycles. The first-order valence-corrected chi connectivity index (χ1v) is 5.94. The number of quaternary nitrogens is 1. The van der Waals surface area contributed by atoms with E-state index in [4.69, 9.17) is 0 Å². The Bertz CT molecular complexity index is 376. The van der Waals surface area contributed by atoms with Crippen LogP contribution in [0, 0.1) is 5.92 Å². The van der Waals surface area contributed by atoms with Crippen molar-refractivity contribution in [2.24, 2.45) is 5.92 Å². The van der Waals surface area contributed by atoms with Crippen LogP contribution in [0.5, 0.6) is 0 Å². The highest BCUT2D eigenvalue weighted by Crippen LogP contribution is 2.22. The quantitative estimate of drug-likeness (QED) is 0.806. The highest BCUT2D eigenvalue weighted by molar-refractivity contribution is 5.68. The van der Waals surface area contributed by atoms with E-state index in [0.717, 1.165) is 5.56 Å². The molecule has 0 aliphatic carbocycles. The number of hydrogen-bond donors (Lipinski definition) is 1. The average molecular weight is 235 g/mol. The summed E-state index contributed by atoms with van der Waals surface area (Å²) in [5.74, 6) is -1.50. The molecule has 0 unspecified atom stereocenters. The summed E-state index contributed by atoms with van der Waals surface area (Å²) in [6.07, 6.45) is 0.496. The lowest BCUT2D eigenvalue weighted by Crippen LogP contribution is -2.57. The molecule has 0 radical (unpaired) electrons. The Morgan fingerprint density at radius 1 is 1.29 bits per heavy atom. The maximum Gasteiger partial charge on any atom is 0.0824 e. The van der Waals surface area contributed by atoms with Crippen LogP contribution in [-0.4, -0.2) is 12.5 Å². The van der Waals surface area contributed by atoms with Crippen molar-refractivity contribution in [2.45, 2.75) is 32.6 Å². The normalized spacial score (nSPS) is 13.4. The molecule has 1 aromatic rings. The third kappa shape index (κ3) is 3.86. The number of carbonyl (C=O) groups excluding carboxylic acids is 1. The lowest BCUT2D eigenvalue weighted by Gasteiger charge is -2.20. The zero-order valence-electron chi connectivity index (χ0n) is 10.8. The van der Waals surface area contributed by atoms with Gasteiger partial charge in [0, 0.05) is 0 Å². The average Bonchev–Trinajstić information content (AvgIpc) is 2.25. The van der Waals surface area contributed by atoms with Crippen molar-refractivity contribution >= 4 is 5.97 Å². The van der Waals surface area contributed by atoms with Gasteiger partial charge in [0.1, 0.15) is 0 Å². The fraction of sp³-hybridized carbons (Fsp3) is 0.500. The molecule has 3 N–H and O–H groups in total. The largest absolute Gasteiger partial charge is 0.550 e. The predicted octanol–water partition coefficient (Wildman–Crippen LogP) is 0.135. The van der Waals surface area contributed by atoms with Crippen molar-refractivity contribution in [3.8, 4) is 0 Å². The van der Waals surface area contributed by atoms with Crippen LogP contribution in [0.4, 0.5) is 0 Å². The highest BCUT2D eigenvalue weighted by atomic mass is 16.4. The van der Waals surface area contributed by atoms with Gasteiger partial charge in [-0.15, -0.1) is 0 Å². The summed E-state index contributed by atoms with van der Waals surface area (Å²) in [5, 5.41) is 10.8. The number of hydrogen-bond acceptors (Lipinski definition) is 2. The second-order valence-electron chi connectivity index (χ2n) is 5.46. The number of carboxylic acid groups (broad SMARTS) is 1. The Hall–Kier alpha value is -1.35. The van der Waals surface area contributed by atoms with Crippen molar-refractivity contribution in [1.82, 2.24) is 0 Å². The van der Waals surface area contributed by atoms with Gasteiger partial charge in [0.05, 0.1) is 18.4 Å². The van der Waals surface area contributed by atoms with Gasteiger partial charge in [-0.1, -0.05) is 45.0 Å². The van der Waals surface area contributed by atoms with E-state index >= 15 is 0 Å². The molecule has 1 rings (SSSR count). The van der Waals surface area contributed by atoms with Crippen molar-refractivity contribution in [3.63, 3.8) is 0 Å². The van der Waals surface area contributed by atoms with Gasteiger partial charge in [0.25, 0.3) is 0 Å². The van der Waals surface area contributed by atoms with E-state index in [1.165, 1.54) is 5.56 Å². The SMILES string of the molecule is CC(C)(C)c1ccc(C[C@@H](C[NH3+])C(=O)[O-])cc1. The van der Waals surface area contributed by atoms with Crippen LogP contribution in [-0.2, 0) is 16.6 Å². The number of aliphatic carboxylic acids is 1. The van der Waals surface area contributed by atoms with Gasteiger partial charge in [-0.25, -0.2) is 0 Å². The Morgan fingerprint density at radius 2 is 1.82 bits per heavy atom. The second kappa shape index (κ2) is 5.32. The fourth-order valence-corrected chi connectivity index (χ4v) is 1.73. The van der Waals surface area contributed by atoms with Crippen LogP contribution in [0.15, 0.2) is 24.3 Å². The first-order valence-electron chi connectivity index (χ1n) is 5.94. The molecule has 1 aromatic carbocycles. The molecule has 0 heterocycles. The van der Waals surface area contributed by atoms with Crippen LogP contribution < -0.4 is 10.8 Å². The Balaban J connectivity index is 2.78. The minimum absolute atomic E-state index is 0.124. The van der Waals surface area contributed by atoms with E-state index < -0.39 is 11.9 Å². The maximum atomic E-state index is 10.8. The smallest absolute Gasteiger partial charge is 0.0824 e. The van der Waals surface area contributed by atoms with Crippen LogP contribution in [0.25, 0.3) is 0 Å². The van der Waals surface area contributed by atoms with Crippen molar-refractivity contribution in [2.75, 3.05) is 6.54 Å². The third-order valence-corrected chi connectivity index (χ3v) is 2.98. The monoisotopic (exact) mass is 235 g/mol. The van der Waals surface area contributed by atoms with E-state index in [1.54, 1.807) is 0 Å². The van der Waals surface area contributed by atoms with Crippen LogP contribution in [0.2, 0.25) is 0 Å². The Kier molecular flexibility index (Phi) is 4.29. The van der Waals surface area contributed by atoms with Crippen LogP contribution in [0.1, 0.15) is 31.9 Å². The molecule has 3 nitrogen and oxygen atoms in total. The second-order valence-corrected chi connectivity index (χ2v) is 5.46. The molecule has 0 aliphatic heterocycles. The third-order valence-electron chi connectivity index (χ3n) is 2.98. The molecule has 0 aliphatic rings. The number of benzene rings is 1. The zero-order valence-corrected chi connectivity index (χ0v) is 10.8. The van der Waals surface area contributed by atoms with Gasteiger partial charge in [-0.2, -0.15) is 0 Å². The van der Waals surface area contributed by atoms with E-state index in [2.05, 4.69) is 38.6 Å². The molecule has 0 aromatic heterocycles. The Morgan fingerprint density at radius 3 is 2.18 bits per heavy atom. The fourth-order valence-electron chi connectivity index (χ4n) is 1.73. The van der Waals surface area contributed by atoms with Gasteiger partial charge in [0.15, 0.2) is 0 Å². The van der Waals surface area contributed by atoms with Gasteiger partial charge in [0.2, 0.25) is 0 Å². The molecule has 0 spiro atoms.